The number of carbonyl (C=O) groups is 7. The lowest BCUT2D eigenvalue weighted by molar-refractivity contribution is -0.250. The molecule has 21 heteroatoms. The fraction of sp³-hybridized carbons (Fsp3) is 0.690. The Labute approximate surface area is 375 Å². The molecule has 63 heavy (non-hydrogen) atoms. The first-order chi connectivity index (χ1) is 29.5. The monoisotopic (exact) mass is 933 g/mol. The van der Waals surface area contributed by atoms with Gasteiger partial charge in [-0.3, -0.25) is 33.6 Å². The molecule has 0 radical (unpaired) electrons. The molecule has 0 bridgehead atoms. The van der Waals surface area contributed by atoms with E-state index in [0.29, 0.717) is 53.1 Å². The molecule has 0 aromatic heterocycles. The Kier molecular flexibility index (Phi) is 18.1. The first kappa shape index (κ1) is 51.4. The lowest BCUT2D eigenvalue weighted by Crippen LogP contribution is -2.61. The predicted octanol–water partition coefficient (Wildman–Crippen LogP) is 2.84. The number of hydrogen-bond acceptors (Lipinski definition) is 9. The van der Waals surface area contributed by atoms with Gasteiger partial charge in [0, 0.05) is 63.9 Å². The molecule has 0 aliphatic carbocycles. The van der Waals surface area contributed by atoms with Crippen LogP contribution in [0.15, 0.2) is 18.2 Å². The predicted molar refractivity (Wildman–Crippen MR) is 226 cm³/mol. The van der Waals surface area contributed by atoms with Gasteiger partial charge in [-0.2, -0.15) is 13.2 Å². The second-order valence-corrected chi connectivity index (χ2v) is 17.9. The van der Waals surface area contributed by atoms with E-state index >= 15 is 0 Å². The molecule has 1 aromatic rings. The first-order valence-electron chi connectivity index (χ1n) is 21.3. The molecular weight excluding hydrogens is 874 g/mol. The SMILES string of the molecule is COCC[C@H](NC(=O)[C@@H]1CCCN1C(=O)[C@@](C)(O)C(F)(F)F)C(=O)N(C)[C@H]1CCCCNC(=O)[C@H]2CCCN2C(=O)[C@H](Cc2cc(Cl)ccc2Cl)N(C)C(=O)[C@H](CC(C)C)NC1=O. The maximum Gasteiger partial charge on any atom is 0.426 e. The molecule has 3 saturated heterocycles. The lowest BCUT2D eigenvalue weighted by Gasteiger charge is -2.37. The molecule has 3 aliphatic heterocycles. The van der Waals surface area contributed by atoms with Gasteiger partial charge in [0.25, 0.3) is 5.91 Å². The highest BCUT2D eigenvalue weighted by Gasteiger charge is 2.59. The first-order valence-corrected chi connectivity index (χ1v) is 22.0. The van der Waals surface area contributed by atoms with Crippen molar-refractivity contribution in [1.82, 2.24) is 35.6 Å². The Morgan fingerprint density at radius 2 is 1.68 bits per heavy atom. The number of halogens is 5. The zero-order valence-corrected chi connectivity index (χ0v) is 38.1. The third-order valence-electron chi connectivity index (χ3n) is 12.0. The number of hydrogen-bond donors (Lipinski definition) is 4. The molecule has 1 aromatic carbocycles. The number of likely N-dealkylation sites (N-methyl/N-ethyl adjacent to an activating group) is 2. The van der Waals surface area contributed by atoms with Crippen LogP contribution in [0.4, 0.5) is 13.2 Å². The van der Waals surface area contributed by atoms with Crippen LogP contribution >= 0.6 is 23.2 Å². The number of likely N-dealkylation sites (tertiary alicyclic amines) is 1. The minimum atomic E-state index is -5.32. The summed E-state index contributed by atoms with van der Waals surface area (Å²) in [7, 11) is 4.14. The van der Waals surface area contributed by atoms with E-state index in [1.54, 1.807) is 18.2 Å². The van der Waals surface area contributed by atoms with Crippen molar-refractivity contribution in [2.45, 2.75) is 133 Å². The molecule has 352 valence electrons. The van der Waals surface area contributed by atoms with Gasteiger partial charge in [0.15, 0.2) is 0 Å². The van der Waals surface area contributed by atoms with Crippen LogP contribution in [0.2, 0.25) is 10.0 Å². The molecule has 7 amide bonds. The molecule has 3 fully saturated rings. The number of alkyl halides is 3. The minimum Gasteiger partial charge on any atom is -0.385 e. The summed E-state index contributed by atoms with van der Waals surface area (Å²) < 4.78 is 46.0. The average Bonchev–Trinajstić information content (AvgIpc) is 3.92. The molecule has 4 rings (SSSR count). The second kappa shape index (κ2) is 22.1. The highest BCUT2D eigenvalue weighted by Crippen LogP contribution is 2.34. The van der Waals surface area contributed by atoms with Crippen LogP contribution in [0, 0.1) is 5.92 Å². The van der Waals surface area contributed by atoms with E-state index in [0.717, 1.165) is 4.90 Å². The van der Waals surface area contributed by atoms with Gasteiger partial charge in [-0.15, -0.1) is 0 Å². The van der Waals surface area contributed by atoms with Crippen LogP contribution in [0.3, 0.4) is 0 Å². The van der Waals surface area contributed by atoms with Gasteiger partial charge >= 0.3 is 6.18 Å². The number of rotatable bonds is 12. The van der Waals surface area contributed by atoms with Gasteiger partial charge in [-0.05, 0) is 94.4 Å². The number of benzene rings is 1. The Morgan fingerprint density at radius 1 is 1.00 bits per heavy atom. The van der Waals surface area contributed by atoms with Crippen molar-refractivity contribution in [3.05, 3.63) is 33.8 Å². The largest absolute Gasteiger partial charge is 0.426 e. The number of amides is 7. The maximum absolute atomic E-state index is 14.6. The number of aliphatic hydroxyl groups is 1. The van der Waals surface area contributed by atoms with Crippen LogP contribution in [-0.2, 0) is 44.7 Å². The van der Waals surface area contributed by atoms with E-state index in [-0.39, 0.29) is 76.6 Å². The van der Waals surface area contributed by atoms with Gasteiger partial charge in [0.05, 0.1) is 0 Å². The summed E-state index contributed by atoms with van der Waals surface area (Å²) >= 11 is 12.9. The van der Waals surface area contributed by atoms with Crippen molar-refractivity contribution < 1.29 is 56.6 Å². The van der Waals surface area contributed by atoms with Gasteiger partial charge in [0.1, 0.15) is 36.3 Å². The van der Waals surface area contributed by atoms with Crippen LogP contribution < -0.4 is 16.0 Å². The Bertz CT molecular complexity index is 1860. The van der Waals surface area contributed by atoms with Crippen molar-refractivity contribution in [1.29, 1.82) is 0 Å². The molecular formula is C42H60Cl2F3N7O9. The standard InChI is InChI=1S/C42H60Cl2F3N7O9/c1-24(2)21-29-38(59)52(5)33(23-25-22-26(43)14-15-27(25)44)39(60)53-18-9-12-31(53)34(55)48-17-8-7-11-30(35(56)50-29)51(4)37(58)28(16-20-63-6)49-36(57)32-13-10-19-54(32)40(61)41(3,62)42(45,46)47/h14-15,22,24,28-33,62H,7-13,16-21,23H2,1-6H3,(H,48,55)(H,49,57)(H,50,56)/t28-,29-,30-,31+,32-,33-,41+/m0/s1. The van der Waals surface area contributed by atoms with E-state index in [1.165, 1.54) is 31.0 Å². The third-order valence-corrected chi connectivity index (χ3v) is 12.6. The maximum atomic E-state index is 14.6. The summed E-state index contributed by atoms with van der Waals surface area (Å²) in [4.78, 5) is 103. The molecule has 16 nitrogen and oxygen atoms in total. The van der Waals surface area contributed by atoms with E-state index in [2.05, 4.69) is 16.0 Å². The number of nitrogens with one attached hydrogen (secondary N) is 3. The van der Waals surface area contributed by atoms with E-state index < -0.39 is 83.5 Å². The van der Waals surface area contributed by atoms with Gasteiger partial charge < -0.3 is 45.4 Å². The summed E-state index contributed by atoms with van der Waals surface area (Å²) in [5.74, 6) is -5.73. The Hall–Kier alpha value is -4.20. The molecule has 0 spiro atoms. The summed E-state index contributed by atoms with van der Waals surface area (Å²) in [5, 5.41) is 19.0. The van der Waals surface area contributed by atoms with Gasteiger partial charge in [-0.1, -0.05) is 37.0 Å². The van der Waals surface area contributed by atoms with Gasteiger partial charge in [-0.25, -0.2) is 0 Å². The highest BCUT2D eigenvalue weighted by molar-refractivity contribution is 6.33. The fourth-order valence-electron chi connectivity index (χ4n) is 8.29. The smallest absolute Gasteiger partial charge is 0.385 e. The molecule has 4 N–H and O–H groups in total. The number of nitrogens with zero attached hydrogens (tertiary/aromatic N) is 4. The van der Waals surface area contributed by atoms with Crippen molar-refractivity contribution in [2.75, 3.05) is 47.4 Å². The van der Waals surface area contributed by atoms with Crippen LogP contribution in [0.5, 0.6) is 0 Å². The minimum absolute atomic E-state index is 0.0365. The Balaban J connectivity index is 1.66. The van der Waals surface area contributed by atoms with Crippen LogP contribution in [0.25, 0.3) is 0 Å². The normalized spacial score (nSPS) is 24.7. The Morgan fingerprint density at radius 3 is 2.33 bits per heavy atom. The number of ether oxygens (including phenoxy) is 1. The van der Waals surface area contributed by atoms with Crippen molar-refractivity contribution in [3.8, 4) is 0 Å². The quantitative estimate of drug-likeness (QED) is 0.244. The topological polar surface area (TPSA) is 198 Å². The number of carbonyl (C=O) groups excluding carboxylic acids is 7. The lowest BCUT2D eigenvalue weighted by atomic mass is 9.98. The molecule has 0 saturated carbocycles. The summed E-state index contributed by atoms with van der Waals surface area (Å²) in [6, 6.07) is -2.44. The summed E-state index contributed by atoms with van der Waals surface area (Å²) in [6.45, 7) is 4.17. The van der Waals surface area contributed by atoms with Crippen molar-refractivity contribution >= 4 is 64.6 Å². The molecule has 7 atom stereocenters. The van der Waals surface area contributed by atoms with Crippen molar-refractivity contribution in [3.63, 3.8) is 0 Å². The highest BCUT2D eigenvalue weighted by atomic mass is 35.5. The average molecular weight is 935 g/mol. The molecule has 3 aliphatic rings. The zero-order valence-electron chi connectivity index (χ0n) is 36.6. The third kappa shape index (κ3) is 12.5. The molecule has 3 heterocycles. The fourth-order valence-corrected chi connectivity index (χ4v) is 8.68. The number of methoxy groups -OCH3 is 1. The zero-order chi connectivity index (χ0) is 47.0. The number of fused-ring (bicyclic) bond motifs is 1. The summed E-state index contributed by atoms with van der Waals surface area (Å²) in [6.07, 6.45) is -3.56. The summed E-state index contributed by atoms with van der Waals surface area (Å²) in [5.41, 5.74) is -3.28. The van der Waals surface area contributed by atoms with E-state index in [4.69, 9.17) is 27.9 Å². The van der Waals surface area contributed by atoms with Crippen LogP contribution in [0.1, 0.15) is 84.1 Å². The van der Waals surface area contributed by atoms with Crippen LogP contribution in [-0.4, -0.2) is 162 Å². The molecule has 0 unspecified atom stereocenters. The van der Waals surface area contributed by atoms with Gasteiger partial charge in [0.2, 0.25) is 41.0 Å². The second-order valence-electron chi connectivity index (χ2n) is 17.1. The van der Waals surface area contributed by atoms with E-state index in [9.17, 15) is 51.8 Å². The van der Waals surface area contributed by atoms with E-state index in [1.807, 2.05) is 13.8 Å². The van der Waals surface area contributed by atoms with Crippen molar-refractivity contribution in [2.24, 2.45) is 5.92 Å².